The molecule has 1 spiro atoms. The van der Waals surface area contributed by atoms with Gasteiger partial charge in [0.2, 0.25) is 5.91 Å². The maximum atomic E-state index is 13.7. The van der Waals surface area contributed by atoms with Crippen molar-refractivity contribution in [1.29, 1.82) is 5.26 Å². The second kappa shape index (κ2) is 6.84. The Hall–Kier alpha value is -3.05. The van der Waals surface area contributed by atoms with Crippen LogP contribution < -0.4 is 10.6 Å². The van der Waals surface area contributed by atoms with Gasteiger partial charge in [0.15, 0.2) is 11.2 Å². The van der Waals surface area contributed by atoms with Gasteiger partial charge in [-0.25, -0.2) is 0 Å². The summed E-state index contributed by atoms with van der Waals surface area (Å²) in [5, 5.41) is 9.53. The number of esters is 1. The quantitative estimate of drug-likeness (QED) is 0.470. The Morgan fingerprint density at radius 1 is 1.32 bits per heavy atom. The highest BCUT2D eigenvalue weighted by Gasteiger charge is 2.74. The second-order valence-corrected chi connectivity index (χ2v) is 7.31. The molecule has 28 heavy (non-hydrogen) atoms. The number of ketones is 1. The summed E-state index contributed by atoms with van der Waals surface area (Å²) in [6.45, 7) is 2.78. The highest BCUT2D eigenvalue weighted by atomic mass is 32.1. The number of carbonyl (C=O) groups excluding carboxylic acids is 3. The molecule has 1 aliphatic carbocycles. The first kappa shape index (κ1) is 19.7. The number of para-hydroxylation sites is 1. The first-order valence-electron chi connectivity index (χ1n) is 8.77. The van der Waals surface area contributed by atoms with Crippen LogP contribution in [0, 0.1) is 22.2 Å². The molecule has 3 rings (SSSR count). The maximum Gasteiger partial charge on any atom is 0.326 e. The lowest BCUT2D eigenvalue weighted by molar-refractivity contribution is -0.167. The topological polar surface area (TPSA) is 113 Å². The normalized spacial score (nSPS) is 26.7. The van der Waals surface area contributed by atoms with Crippen molar-refractivity contribution in [3.63, 3.8) is 0 Å². The predicted octanol–water partition coefficient (Wildman–Crippen LogP) is 2.02. The van der Waals surface area contributed by atoms with E-state index in [0.29, 0.717) is 5.69 Å². The van der Waals surface area contributed by atoms with Crippen molar-refractivity contribution in [3.8, 4) is 6.07 Å². The van der Waals surface area contributed by atoms with E-state index in [0.717, 1.165) is 0 Å². The maximum absolute atomic E-state index is 13.7. The van der Waals surface area contributed by atoms with Gasteiger partial charge in [0.1, 0.15) is 0 Å². The number of hydrogen-bond acceptors (Lipinski definition) is 7. The fourth-order valence-corrected chi connectivity index (χ4v) is 4.77. The van der Waals surface area contributed by atoms with Crippen molar-refractivity contribution in [2.75, 3.05) is 11.5 Å². The Kier molecular flexibility index (Phi) is 4.81. The van der Waals surface area contributed by atoms with Crippen LogP contribution in [0.1, 0.15) is 26.7 Å². The summed E-state index contributed by atoms with van der Waals surface area (Å²) in [5.41, 5.74) is 2.84. The van der Waals surface area contributed by atoms with Gasteiger partial charge in [-0.1, -0.05) is 30.4 Å². The fraction of sp³-hybridized carbons (Fsp3) is 0.350. The van der Waals surface area contributed by atoms with Crippen LogP contribution in [-0.2, 0) is 19.1 Å². The molecule has 2 N–H and O–H groups in total. The highest BCUT2D eigenvalue weighted by molar-refractivity contribution is 7.80. The Balaban J connectivity index is 2.26. The lowest BCUT2D eigenvalue weighted by atomic mass is 9.61. The fourth-order valence-electron chi connectivity index (χ4n) is 4.34. The molecule has 1 aliphatic heterocycles. The molecule has 0 bridgehead atoms. The summed E-state index contributed by atoms with van der Waals surface area (Å²) in [4.78, 5) is 41.2. The van der Waals surface area contributed by atoms with E-state index in [1.54, 1.807) is 37.3 Å². The van der Waals surface area contributed by atoms with Gasteiger partial charge in [0, 0.05) is 24.2 Å². The molecule has 2 atom stereocenters. The minimum Gasteiger partial charge on any atom is -0.465 e. The number of ether oxygens (including phenoxy) is 1. The van der Waals surface area contributed by atoms with Gasteiger partial charge < -0.3 is 10.5 Å². The van der Waals surface area contributed by atoms with E-state index in [9.17, 15) is 19.6 Å². The third-order valence-electron chi connectivity index (χ3n) is 5.50. The van der Waals surface area contributed by atoms with E-state index in [-0.39, 0.29) is 35.7 Å². The Morgan fingerprint density at radius 3 is 2.50 bits per heavy atom. The van der Waals surface area contributed by atoms with Crippen molar-refractivity contribution in [3.05, 3.63) is 41.6 Å². The molecule has 1 fully saturated rings. The number of anilines is 1. The van der Waals surface area contributed by atoms with Crippen molar-refractivity contribution >= 4 is 40.6 Å². The molecule has 1 aromatic rings. The molecule has 0 aromatic heterocycles. The van der Waals surface area contributed by atoms with E-state index < -0.39 is 28.5 Å². The first-order valence-corrected chi connectivity index (χ1v) is 9.18. The Labute approximate surface area is 167 Å². The van der Waals surface area contributed by atoms with Crippen LogP contribution in [0.2, 0.25) is 0 Å². The second-order valence-electron chi connectivity index (χ2n) is 6.84. The summed E-state index contributed by atoms with van der Waals surface area (Å²) in [6, 6.07) is 10.7. The van der Waals surface area contributed by atoms with E-state index in [1.165, 1.54) is 11.8 Å². The molecule has 7 nitrogen and oxygen atoms in total. The number of Topliss-reactive ketones (excluding diaryl/α,β-unsaturated/α-hetero) is 1. The summed E-state index contributed by atoms with van der Waals surface area (Å²) < 4.78 is 5.17. The predicted molar refractivity (Wildman–Crippen MR) is 105 cm³/mol. The van der Waals surface area contributed by atoms with Gasteiger partial charge in [-0.05, 0) is 26.0 Å². The summed E-state index contributed by atoms with van der Waals surface area (Å²) >= 11 is 5.46. The molecule has 144 valence electrons. The van der Waals surface area contributed by atoms with Gasteiger partial charge in [0.05, 0.1) is 28.7 Å². The van der Waals surface area contributed by atoms with Crippen LogP contribution in [0.3, 0.4) is 0 Å². The lowest BCUT2D eigenvalue weighted by Gasteiger charge is -2.38. The largest absolute Gasteiger partial charge is 0.465 e. The average molecular weight is 397 g/mol. The summed E-state index contributed by atoms with van der Waals surface area (Å²) in [7, 11) is 0. The number of carbonyl (C=O) groups is 3. The molecule has 1 heterocycles. The van der Waals surface area contributed by atoms with Gasteiger partial charge in [-0.2, -0.15) is 5.26 Å². The number of nitrogens with two attached hydrogens (primary N) is 1. The third-order valence-corrected chi connectivity index (χ3v) is 5.83. The number of hydrogen-bond donors (Lipinski definition) is 1. The molecule has 8 heteroatoms. The highest BCUT2D eigenvalue weighted by Crippen LogP contribution is 2.61. The van der Waals surface area contributed by atoms with E-state index >= 15 is 0 Å². The number of nitrogens with zero attached hydrogens (tertiary/aromatic N) is 2. The zero-order valence-electron chi connectivity index (χ0n) is 15.5. The minimum atomic E-state index is -2.07. The van der Waals surface area contributed by atoms with Crippen LogP contribution >= 0.6 is 12.2 Å². The molecule has 1 aromatic carbocycles. The number of thiocarbonyl (C=S) groups is 1. The molecule has 2 aliphatic rings. The summed E-state index contributed by atoms with van der Waals surface area (Å²) in [6.07, 6.45) is -0.198. The van der Waals surface area contributed by atoms with Gasteiger partial charge in [0.25, 0.3) is 0 Å². The zero-order valence-corrected chi connectivity index (χ0v) is 16.3. The van der Waals surface area contributed by atoms with Gasteiger partial charge in [-0.3, -0.25) is 19.3 Å². The number of benzene rings is 1. The van der Waals surface area contributed by atoms with E-state index in [4.69, 9.17) is 22.7 Å². The number of amides is 1. The van der Waals surface area contributed by atoms with Crippen LogP contribution in [-0.4, -0.2) is 29.3 Å². The minimum absolute atomic E-state index is 0.000146. The van der Waals surface area contributed by atoms with Crippen molar-refractivity contribution in [1.82, 2.24) is 0 Å². The van der Waals surface area contributed by atoms with Gasteiger partial charge in [-0.15, -0.1) is 0 Å². The SMILES string of the molecule is CCOC(=O)C1(C(C)=O)C(N)=C(C#N)CC12CC(=S)N(c1ccccc1)C2=O. The number of allylic oxidation sites excluding steroid dienone is 1. The monoisotopic (exact) mass is 397 g/mol. The molecule has 1 amide bonds. The van der Waals surface area contributed by atoms with Gasteiger partial charge >= 0.3 is 5.97 Å². The van der Waals surface area contributed by atoms with Crippen LogP contribution in [0.5, 0.6) is 0 Å². The van der Waals surface area contributed by atoms with Crippen molar-refractivity contribution in [2.24, 2.45) is 16.6 Å². The van der Waals surface area contributed by atoms with Crippen molar-refractivity contribution < 1.29 is 19.1 Å². The standard InChI is InChI=1S/C20H19N3O4S/c1-3-27-18(26)20(12(2)24)16(22)13(11-21)9-19(20)10-15(28)23(17(19)25)14-7-5-4-6-8-14/h4-8H,3,9-10,22H2,1-2H3. The number of rotatable bonds is 4. The van der Waals surface area contributed by atoms with Crippen LogP contribution in [0.4, 0.5) is 5.69 Å². The molecular formula is C20H19N3O4S. The molecular weight excluding hydrogens is 378 g/mol. The summed E-state index contributed by atoms with van der Waals surface area (Å²) in [5.74, 6) is -2.09. The van der Waals surface area contributed by atoms with E-state index in [1.807, 2.05) is 6.07 Å². The molecule has 1 saturated heterocycles. The third kappa shape index (κ3) is 2.33. The van der Waals surface area contributed by atoms with Crippen LogP contribution in [0.25, 0.3) is 0 Å². The van der Waals surface area contributed by atoms with Crippen molar-refractivity contribution in [2.45, 2.75) is 26.7 Å². The Morgan fingerprint density at radius 2 is 1.96 bits per heavy atom. The number of nitriles is 1. The molecule has 0 saturated carbocycles. The van der Waals surface area contributed by atoms with Crippen LogP contribution in [0.15, 0.2) is 41.6 Å². The molecule has 2 unspecified atom stereocenters. The van der Waals surface area contributed by atoms with E-state index in [2.05, 4.69) is 0 Å². The zero-order chi connectivity index (χ0) is 20.7. The smallest absolute Gasteiger partial charge is 0.326 e. The Bertz CT molecular complexity index is 965. The lowest BCUT2D eigenvalue weighted by Crippen LogP contribution is -2.56. The first-order chi connectivity index (χ1) is 13.3. The molecule has 0 radical (unpaired) electrons. The average Bonchev–Trinajstić information content (AvgIpc) is 3.06.